The van der Waals surface area contributed by atoms with Gasteiger partial charge in [0.05, 0.1) is 33.2 Å². The molecule has 2 aliphatic rings. The fourth-order valence-corrected chi connectivity index (χ4v) is 11.5. The van der Waals surface area contributed by atoms with E-state index in [4.69, 9.17) is 0 Å². The topological polar surface area (TPSA) is 9.86 Å². The van der Waals surface area contributed by atoms with Gasteiger partial charge in [0.2, 0.25) is 0 Å². The predicted octanol–water partition coefficient (Wildman–Crippen LogP) is 14.4. The summed E-state index contributed by atoms with van der Waals surface area (Å²) in [4.78, 5) is 2.62. The van der Waals surface area contributed by atoms with Crippen LogP contribution in [0.5, 0.6) is 0 Å². The third-order valence-electron chi connectivity index (χ3n) is 12.8. The third kappa shape index (κ3) is 4.23. The first-order chi connectivity index (χ1) is 28.8. The Kier molecular flexibility index (Phi) is 6.62. The minimum atomic E-state index is -0.498. The Bertz CT molecular complexity index is 3480. The van der Waals surface area contributed by atoms with Gasteiger partial charge in [-0.15, -0.1) is 0 Å². The van der Waals surface area contributed by atoms with Crippen LogP contribution in [0.25, 0.3) is 77.2 Å². The second-order valence-corrected chi connectivity index (χ2v) is 16.7. The van der Waals surface area contributed by atoms with E-state index in [2.05, 4.69) is 215 Å². The van der Waals surface area contributed by atoms with E-state index in [1.807, 2.05) is 11.8 Å². The van der Waals surface area contributed by atoms with Crippen LogP contribution in [0.15, 0.2) is 216 Å². The Labute approximate surface area is 340 Å². The molecule has 2 aromatic heterocycles. The van der Waals surface area contributed by atoms with Crippen molar-refractivity contribution in [1.29, 1.82) is 0 Å². The molecule has 11 aromatic rings. The molecule has 0 saturated carbocycles. The predicted molar refractivity (Wildman–Crippen MR) is 242 cm³/mol. The molecule has 0 bridgehead atoms. The minimum Gasteiger partial charge on any atom is -0.309 e. The lowest BCUT2D eigenvalue weighted by Crippen LogP contribution is -2.37. The van der Waals surface area contributed by atoms with Crippen molar-refractivity contribution in [2.24, 2.45) is 0 Å². The summed E-state index contributed by atoms with van der Waals surface area (Å²) in [6.45, 7) is 0. The Balaban J connectivity index is 0.984. The first kappa shape index (κ1) is 32.1. The average molecular weight is 755 g/mol. The molecule has 2 nitrogen and oxygen atoms in total. The van der Waals surface area contributed by atoms with E-state index in [9.17, 15) is 0 Å². The molecule has 2 aliphatic heterocycles. The van der Waals surface area contributed by atoms with Crippen LogP contribution in [0.2, 0.25) is 0 Å². The summed E-state index contributed by atoms with van der Waals surface area (Å²) in [5.74, 6) is 0. The maximum absolute atomic E-state index is 2.52. The van der Waals surface area contributed by atoms with E-state index in [0.29, 0.717) is 0 Å². The van der Waals surface area contributed by atoms with Gasteiger partial charge in [0.1, 0.15) is 0 Å². The zero-order valence-corrected chi connectivity index (χ0v) is 32.2. The summed E-state index contributed by atoms with van der Waals surface area (Å²) in [6, 6.07) is 76.8. The quantitative estimate of drug-likeness (QED) is 0.175. The molecule has 1 atom stereocenters. The van der Waals surface area contributed by atoms with E-state index in [0.717, 1.165) is 0 Å². The number of benzene rings is 9. The fourth-order valence-electron chi connectivity index (χ4n) is 10.4. The molecule has 1 unspecified atom stereocenters. The van der Waals surface area contributed by atoms with Crippen molar-refractivity contribution < 1.29 is 0 Å². The van der Waals surface area contributed by atoms with Crippen LogP contribution in [0.3, 0.4) is 0 Å². The van der Waals surface area contributed by atoms with Crippen molar-refractivity contribution in [3.8, 4) is 33.6 Å². The zero-order valence-electron chi connectivity index (χ0n) is 31.4. The van der Waals surface area contributed by atoms with Gasteiger partial charge < -0.3 is 9.13 Å². The molecular formula is C55H34N2S. The molecule has 270 valence electrons. The molecule has 0 aliphatic carbocycles. The molecule has 3 heteroatoms. The van der Waals surface area contributed by atoms with Crippen LogP contribution in [0.4, 0.5) is 0 Å². The summed E-state index contributed by atoms with van der Waals surface area (Å²) in [6.07, 6.45) is 0. The van der Waals surface area contributed by atoms with Gasteiger partial charge in [0.15, 0.2) is 0 Å². The van der Waals surface area contributed by atoms with Gasteiger partial charge in [-0.1, -0.05) is 157 Å². The second kappa shape index (κ2) is 12.0. The zero-order chi connectivity index (χ0) is 38.0. The summed E-state index contributed by atoms with van der Waals surface area (Å²) >= 11 is 1.90. The summed E-state index contributed by atoms with van der Waals surface area (Å²) in [7, 11) is 0. The molecule has 0 fully saturated rings. The Morgan fingerprint density at radius 2 is 0.879 bits per heavy atom. The van der Waals surface area contributed by atoms with E-state index < -0.39 is 5.41 Å². The molecule has 58 heavy (non-hydrogen) atoms. The number of fused-ring (bicyclic) bond motifs is 14. The van der Waals surface area contributed by atoms with Crippen molar-refractivity contribution in [3.05, 3.63) is 229 Å². The van der Waals surface area contributed by atoms with Crippen molar-refractivity contribution in [1.82, 2.24) is 9.13 Å². The maximum Gasteiger partial charge on any atom is 0.0764 e. The van der Waals surface area contributed by atoms with E-state index in [-0.39, 0.29) is 0 Å². The Hall–Kier alpha value is -7.07. The number of para-hydroxylation sites is 5. The van der Waals surface area contributed by atoms with Crippen LogP contribution in [-0.4, -0.2) is 9.13 Å². The number of rotatable bonds is 3. The SMILES string of the molecule is c1ccc(-n2c3ccccc3c3cc(-c4ccc(-c5ccc6c(c5)C5(c7ccccc7S6)c6ccccc6-n6c7ccccc7c7cccc5c76)cc4)ccc32)cc1. The summed E-state index contributed by atoms with van der Waals surface area (Å²) < 4.78 is 4.89. The molecule has 4 heterocycles. The summed E-state index contributed by atoms with van der Waals surface area (Å²) in [5.41, 5.74) is 17.1. The van der Waals surface area contributed by atoms with Crippen LogP contribution < -0.4 is 0 Å². The van der Waals surface area contributed by atoms with Gasteiger partial charge >= 0.3 is 0 Å². The van der Waals surface area contributed by atoms with Crippen molar-refractivity contribution in [2.75, 3.05) is 0 Å². The lowest BCUT2D eigenvalue weighted by Gasteiger charge is -2.45. The molecule has 0 amide bonds. The van der Waals surface area contributed by atoms with Gasteiger partial charge in [-0.3, -0.25) is 0 Å². The van der Waals surface area contributed by atoms with Crippen molar-refractivity contribution in [3.63, 3.8) is 0 Å². The van der Waals surface area contributed by atoms with E-state index in [1.165, 1.54) is 109 Å². The average Bonchev–Trinajstić information content (AvgIpc) is 3.81. The minimum absolute atomic E-state index is 0.498. The molecule has 9 aromatic carbocycles. The van der Waals surface area contributed by atoms with Crippen LogP contribution in [-0.2, 0) is 5.41 Å². The normalized spacial score (nSPS) is 15.2. The molecule has 13 rings (SSSR count). The largest absolute Gasteiger partial charge is 0.309 e. The first-order valence-electron chi connectivity index (χ1n) is 20.0. The van der Waals surface area contributed by atoms with Crippen LogP contribution >= 0.6 is 11.8 Å². The smallest absolute Gasteiger partial charge is 0.0764 e. The van der Waals surface area contributed by atoms with Crippen molar-refractivity contribution >= 4 is 55.4 Å². The second-order valence-electron chi connectivity index (χ2n) is 15.6. The molecule has 0 radical (unpaired) electrons. The molecule has 1 spiro atoms. The van der Waals surface area contributed by atoms with Gasteiger partial charge in [-0.2, -0.15) is 0 Å². The highest BCUT2D eigenvalue weighted by Gasteiger charge is 2.49. The lowest BCUT2D eigenvalue weighted by molar-refractivity contribution is 0.690. The number of aromatic nitrogens is 2. The highest BCUT2D eigenvalue weighted by Crippen LogP contribution is 2.60. The molecule has 0 saturated heterocycles. The highest BCUT2D eigenvalue weighted by molar-refractivity contribution is 7.99. The van der Waals surface area contributed by atoms with E-state index in [1.54, 1.807) is 0 Å². The first-order valence-corrected chi connectivity index (χ1v) is 20.8. The van der Waals surface area contributed by atoms with E-state index >= 15 is 0 Å². The maximum atomic E-state index is 2.52. The summed E-state index contributed by atoms with van der Waals surface area (Å²) in [5, 5.41) is 5.12. The van der Waals surface area contributed by atoms with Crippen LogP contribution in [0, 0.1) is 0 Å². The van der Waals surface area contributed by atoms with Crippen LogP contribution in [0.1, 0.15) is 22.3 Å². The fraction of sp³-hybridized carbons (Fsp3) is 0.0182. The standard InChI is InChI=1S/C55H34N2S/c1-2-13-39(14-3-1)56-48-21-8-5-16-41(48)43-33-37(29-31-50(43)56)35-25-27-36(28-26-35)38-30-32-53-47(34-38)55(45-19-7-11-24-52(45)58-53)44-18-6-10-23-51(44)57-49-22-9-4-15-40(49)42-17-12-20-46(55)54(42)57/h1-34H. The van der Waals surface area contributed by atoms with Crippen molar-refractivity contribution in [2.45, 2.75) is 15.2 Å². The third-order valence-corrected chi connectivity index (χ3v) is 13.9. The highest BCUT2D eigenvalue weighted by atomic mass is 32.2. The molecular weight excluding hydrogens is 721 g/mol. The Morgan fingerprint density at radius 3 is 1.69 bits per heavy atom. The van der Waals surface area contributed by atoms with Gasteiger partial charge in [0.25, 0.3) is 0 Å². The number of hydrogen-bond donors (Lipinski definition) is 0. The van der Waals surface area contributed by atoms with Gasteiger partial charge in [0, 0.05) is 37.0 Å². The number of nitrogens with zero attached hydrogens (tertiary/aromatic N) is 2. The monoisotopic (exact) mass is 754 g/mol. The van der Waals surface area contributed by atoms with Gasteiger partial charge in [-0.25, -0.2) is 0 Å². The molecule has 0 N–H and O–H groups in total. The lowest BCUT2D eigenvalue weighted by atomic mass is 9.62. The number of hydrogen-bond acceptors (Lipinski definition) is 1. The Morgan fingerprint density at radius 1 is 0.328 bits per heavy atom. The van der Waals surface area contributed by atoms with Gasteiger partial charge in [-0.05, 0) is 105 Å².